The van der Waals surface area contributed by atoms with Crippen molar-refractivity contribution in [1.82, 2.24) is 20.0 Å². The molecule has 6 heteroatoms. The normalized spacial score (nSPS) is 10.8. The van der Waals surface area contributed by atoms with E-state index in [1.165, 1.54) is 0 Å². The highest BCUT2D eigenvalue weighted by Gasteiger charge is 2.08. The first-order chi connectivity index (χ1) is 9.74. The number of rotatable bonds is 4. The largest absolute Gasteiger partial charge is 0.481 e. The lowest BCUT2D eigenvalue weighted by Gasteiger charge is -2.04. The molecule has 0 aliphatic heterocycles. The fraction of sp³-hybridized carbons (Fsp3) is 0.143. The van der Waals surface area contributed by atoms with E-state index >= 15 is 0 Å². The second kappa shape index (κ2) is 5.08. The van der Waals surface area contributed by atoms with Crippen LogP contribution in [0.1, 0.15) is 12.1 Å². The fourth-order valence-corrected chi connectivity index (χ4v) is 2.05. The van der Waals surface area contributed by atoms with Crippen molar-refractivity contribution in [2.75, 3.05) is 0 Å². The molecule has 0 aliphatic rings. The van der Waals surface area contributed by atoms with Crippen LogP contribution >= 0.6 is 0 Å². The van der Waals surface area contributed by atoms with Crippen LogP contribution in [0.4, 0.5) is 0 Å². The summed E-state index contributed by atoms with van der Waals surface area (Å²) in [6.45, 7) is 0. The number of pyridine rings is 1. The molecule has 0 amide bonds. The molecule has 0 atom stereocenters. The summed E-state index contributed by atoms with van der Waals surface area (Å²) in [7, 11) is 0. The van der Waals surface area contributed by atoms with Crippen LogP contribution in [0, 0.1) is 0 Å². The van der Waals surface area contributed by atoms with Gasteiger partial charge in [-0.2, -0.15) is 0 Å². The number of nitrogens with zero attached hydrogens (tertiary/aromatic N) is 4. The molecule has 2 heterocycles. The molecule has 6 nitrogen and oxygen atoms in total. The molecule has 0 radical (unpaired) electrons. The van der Waals surface area contributed by atoms with Crippen LogP contribution in [0.2, 0.25) is 0 Å². The average molecular weight is 268 g/mol. The van der Waals surface area contributed by atoms with Crippen LogP contribution < -0.4 is 0 Å². The second-order valence-electron chi connectivity index (χ2n) is 4.40. The van der Waals surface area contributed by atoms with Crippen molar-refractivity contribution in [1.29, 1.82) is 0 Å². The Morgan fingerprint density at radius 2 is 2.15 bits per heavy atom. The zero-order chi connectivity index (χ0) is 13.9. The van der Waals surface area contributed by atoms with Gasteiger partial charge in [0.1, 0.15) is 0 Å². The van der Waals surface area contributed by atoms with E-state index in [-0.39, 0.29) is 6.42 Å². The smallest absolute Gasteiger partial charge is 0.303 e. The lowest BCUT2D eigenvalue weighted by Crippen LogP contribution is -1.97. The number of carboxylic acid groups (broad SMARTS) is 1. The maximum atomic E-state index is 10.6. The molecule has 0 saturated carbocycles. The predicted octanol–water partition coefficient (Wildman–Crippen LogP) is 1.83. The number of carbonyl (C=O) groups is 1. The summed E-state index contributed by atoms with van der Waals surface area (Å²) in [4.78, 5) is 14.9. The summed E-state index contributed by atoms with van der Waals surface area (Å²) in [5.41, 5.74) is 2.42. The molecule has 0 bridgehead atoms. The van der Waals surface area contributed by atoms with Gasteiger partial charge in [0.2, 0.25) is 0 Å². The molecule has 100 valence electrons. The second-order valence-corrected chi connectivity index (χ2v) is 4.40. The number of carboxylic acids is 1. The van der Waals surface area contributed by atoms with E-state index < -0.39 is 5.97 Å². The van der Waals surface area contributed by atoms with Gasteiger partial charge in [-0.15, -0.1) is 5.10 Å². The number of aryl methyl sites for hydroxylation is 1. The highest BCUT2D eigenvalue weighted by atomic mass is 16.4. The number of fused-ring (bicyclic) bond motifs is 1. The summed E-state index contributed by atoms with van der Waals surface area (Å²) in [6.07, 6.45) is 3.92. The highest BCUT2D eigenvalue weighted by molar-refractivity contribution is 5.86. The fourth-order valence-electron chi connectivity index (χ4n) is 2.05. The van der Waals surface area contributed by atoms with E-state index in [9.17, 15) is 4.79 Å². The molecule has 3 rings (SSSR count). The van der Waals surface area contributed by atoms with Gasteiger partial charge in [-0.3, -0.25) is 9.78 Å². The summed E-state index contributed by atoms with van der Waals surface area (Å²) in [5.74, 6) is -0.839. The van der Waals surface area contributed by atoms with Crippen LogP contribution in [0.3, 0.4) is 0 Å². The Labute approximate surface area is 114 Å². The van der Waals surface area contributed by atoms with E-state index in [4.69, 9.17) is 5.11 Å². The molecule has 20 heavy (non-hydrogen) atoms. The van der Waals surface area contributed by atoms with Gasteiger partial charge < -0.3 is 5.11 Å². The molecule has 0 aliphatic carbocycles. The van der Waals surface area contributed by atoms with Crippen molar-refractivity contribution < 1.29 is 9.90 Å². The number of hydrogen-bond acceptors (Lipinski definition) is 4. The van der Waals surface area contributed by atoms with Gasteiger partial charge in [-0.25, -0.2) is 4.68 Å². The topological polar surface area (TPSA) is 80.9 Å². The number of hydrogen-bond donors (Lipinski definition) is 1. The average Bonchev–Trinajstić information content (AvgIpc) is 2.93. The van der Waals surface area contributed by atoms with Crippen LogP contribution in [-0.4, -0.2) is 31.1 Å². The molecule has 0 fully saturated rings. The lowest BCUT2D eigenvalue weighted by atomic mass is 10.2. The quantitative estimate of drug-likeness (QED) is 0.780. The third-order valence-electron chi connectivity index (χ3n) is 3.01. The highest BCUT2D eigenvalue weighted by Crippen LogP contribution is 2.19. The van der Waals surface area contributed by atoms with Crippen LogP contribution in [0.5, 0.6) is 0 Å². The number of aliphatic carboxylic acids is 1. The monoisotopic (exact) mass is 268 g/mol. The van der Waals surface area contributed by atoms with Crippen molar-refractivity contribution in [3.05, 3.63) is 48.4 Å². The first kappa shape index (κ1) is 12.3. The number of aromatic nitrogens is 4. The maximum absolute atomic E-state index is 10.6. The van der Waals surface area contributed by atoms with Gasteiger partial charge >= 0.3 is 5.97 Å². The Hall–Kier alpha value is -2.76. The first-order valence-corrected chi connectivity index (χ1v) is 6.21. The van der Waals surface area contributed by atoms with Gasteiger partial charge in [0.25, 0.3) is 0 Å². The molecule has 1 aromatic carbocycles. The van der Waals surface area contributed by atoms with E-state index in [1.807, 2.05) is 30.3 Å². The van der Waals surface area contributed by atoms with Gasteiger partial charge in [-0.05, 0) is 24.3 Å². The molecule has 0 unspecified atom stereocenters. The summed E-state index contributed by atoms with van der Waals surface area (Å²) < 4.78 is 1.65. The number of benzene rings is 1. The Morgan fingerprint density at radius 3 is 3.00 bits per heavy atom. The SMILES string of the molecule is O=C(O)CCc1cn(-c2cccc3ncccc23)nn1. The summed E-state index contributed by atoms with van der Waals surface area (Å²) in [6, 6.07) is 9.61. The lowest BCUT2D eigenvalue weighted by molar-refractivity contribution is -0.136. The van der Waals surface area contributed by atoms with E-state index in [1.54, 1.807) is 17.1 Å². The summed E-state index contributed by atoms with van der Waals surface area (Å²) in [5, 5.41) is 17.7. The van der Waals surface area contributed by atoms with E-state index in [0.717, 1.165) is 16.6 Å². The minimum Gasteiger partial charge on any atom is -0.481 e. The third-order valence-corrected chi connectivity index (χ3v) is 3.01. The molecular formula is C14H12N4O2. The molecular weight excluding hydrogens is 256 g/mol. The Balaban J connectivity index is 1.97. The van der Waals surface area contributed by atoms with Crippen molar-refractivity contribution in [2.24, 2.45) is 0 Å². The zero-order valence-electron chi connectivity index (χ0n) is 10.6. The van der Waals surface area contributed by atoms with Crippen molar-refractivity contribution in [3.8, 4) is 5.69 Å². The van der Waals surface area contributed by atoms with Gasteiger partial charge in [-0.1, -0.05) is 11.3 Å². The Bertz CT molecular complexity index is 761. The van der Waals surface area contributed by atoms with Crippen molar-refractivity contribution in [2.45, 2.75) is 12.8 Å². The molecule has 3 aromatic rings. The van der Waals surface area contributed by atoms with Gasteiger partial charge in [0, 0.05) is 18.0 Å². The van der Waals surface area contributed by atoms with E-state index in [0.29, 0.717) is 12.1 Å². The van der Waals surface area contributed by atoms with Crippen LogP contribution in [-0.2, 0) is 11.2 Å². The van der Waals surface area contributed by atoms with Crippen LogP contribution in [0.15, 0.2) is 42.7 Å². The maximum Gasteiger partial charge on any atom is 0.303 e. The molecule has 0 spiro atoms. The summed E-state index contributed by atoms with van der Waals surface area (Å²) >= 11 is 0. The minimum absolute atomic E-state index is 0.0514. The van der Waals surface area contributed by atoms with Gasteiger partial charge in [0.15, 0.2) is 0 Å². The first-order valence-electron chi connectivity index (χ1n) is 6.21. The Morgan fingerprint density at radius 1 is 1.25 bits per heavy atom. The molecule has 1 N–H and O–H groups in total. The molecule has 2 aromatic heterocycles. The van der Waals surface area contributed by atoms with Gasteiger partial charge in [0.05, 0.1) is 29.5 Å². The van der Waals surface area contributed by atoms with E-state index in [2.05, 4.69) is 15.3 Å². The standard InChI is InChI=1S/C14H12N4O2/c19-14(20)7-6-10-9-18(17-16-10)13-5-1-4-12-11(13)3-2-8-15-12/h1-5,8-9H,6-7H2,(H,19,20). The van der Waals surface area contributed by atoms with Crippen molar-refractivity contribution in [3.63, 3.8) is 0 Å². The minimum atomic E-state index is -0.839. The molecule has 0 saturated heterocycles. The van der Waals surface area contributed by atoms with Crippen molar-refractivity contribution >= 4 is 16.9 Å². The zero-order valence-corrected chi connectivity index (χ0v) is 10.6. The predicted molar refractivity (Wildman–Crippen MR) is 72.6 cm³/mol. The third kappa shape index (κ3) is 2.35. The Kier molecular flexibility index (Phi) is 3.12. The van der Waals surface area contributed by atoms with Crippen LogP contribution in [0.25, 0.3) is 16.6 Å².